The molecule has 0 aliphatic carbocycles. The van der Waals surface area contributed by atoms with Gasteiger partial charge in [0.25, 0.3) is 0 Å². The van der Waals surface area contributed by atoms with Gasteiger partial charge in [0.1, 0.15) is 18.2 Å². The number of hydrogen-bond donors (Lipinski definition) is 1. The van der Waals surface area contributed by atoms with Crippen molar-refractivity contribution in [2.45, 2.75) is 25.8 Å². The number of nitrogens with zero attached hydrogens (tertiary/aromatic N) is 3. The Bertz CT molecular complexity index is 1090. The van der Waals surface area contributed by atoms with Crippen molar-refractivity contribution in [1.82, 2.24) is 15.1 Å². The number of fused-ring (bicyclic) bond motifs is 1. The van der Waals surface area contributed by atoms with Crippen LogP contribution in [0.5, 0.6) is 0 Å². The van der Waals surface area contributed by atoms with Crippen LogP contribution >= 0.6 is 0 Å². The molecule has 6 nitrogen and oxygen atoms in total. The van der Waals surface area contributed by atoms with Gasteiger partial charge >= 0.3 is 0 Å². The average molecular weight is 406 g/mol. The third kappa shape index (κ3) is 3.70. The Balaban J connectivity index is 1.62. The second-order valence-electron chi connectivity index (χ2n) is 7.38. The number of hydrogen-bond acceptors (Lipinski definition) is 3. The molecule has 1 aliphatic heterocycles. The van der Waals surface area contributed by atoms with E-state index in [1.54, 1.807) is 16.8 Å². The Morgan fingerprint density at radius 2 is 1.97 bits per heavy atom. The summed E-state index contributed by atoms with van der Waals surface area (Å²) < 4.78 is 16.6. The lowest BCUT2D eigenvalue weighted by Crippen LogP contribution is -2.43. The van der Waals surface area contributed by atoms with Crippen molar-refractivity contribution in [3.63, 3.8) is 0 Å². The van der Waals surface area contributed by atoms with E-state index in [0.29, 0.717) is 24.3 Å². The molecular formula is C23H23FN4O2. The van der Waals surface area contributed by atoms with Gasteiger partial charge in [0.05, 0.1) is 12.2 Å². The van der Waals surface area contributed by atoms with E-state index in [-0.39, 0.29) is 30.1 Å². The fourth-order valence-electron chi connectivity index (χ4n) is 3.70. The fourth-order valence-corrected chi connectivity index (χ4v) is 3.70. The summed E-state index contributed by atoms with van der Waals surface area (Å²) in [5, 5.41) is 7.16. The van der Waals surface area contributed by atoms with Crippen molar-refractivity contribution >= 4 is 17.6 Å². The largest absolute Gasteiger partial charge is 0.358 e. The monoisotopic (exact) mass is 406 g/mol. The number of benzene rings is 2. The van der Waals surface area contributed by atoms with Crippen LogP contribution in [0.15, 0.2) is 54.6 Å². The predicted octanol–water partition coefficient (Wildman–Crippen LogP) is 3.32. The van der Waals surface area contributed by atoms with E-state index < -0.39 is 0 Å². The number of halogens is 1. The van der Waals surface area contributed by atoms with E-state index in [2.05, 4.69) is 10.4 Å². The second-order valence-corrected chi connectivity index (χ2v) is 7.38. The fraction of sp³-hybridized carbons (Fsp3) is 0.261. The first kappa shape index (κ1) is 19.8. The highest BCUT2D eigenvalue weighted by molar-refractivity contribution is 5.98. The molecule has 1 N–H and O–H groups in total. The molecule has 1 unspecified atom stereocenters. The lowest BCUT2D eigenvalue weighted by Gasteiger charge is -2.26. The first-order valence-corrected chi connectivity index (χ1v) is 9.91. The molecule has 0 saturated carbocycles. The van der Waals surface area contributed by atoms with Gasteiger partial charge in [-0.15, -0.1) is 0 Å². The molecular weight excluding hydrogens is 383 g/mol. The third-order valence-electron chi connectivity index (χ3n) is 5.49. The quantitative estimate of drug-likeness (QED) is 0.707. The maximum Gasteiger partial charge on any atom is 0.239 e. The molecule has 2 amide bonds. The second kappa shape index (κ2) is 8.10. The summed E-state index contributed by atoms with van der Waals surface area (Å²) in [7, 11) is 1.54. The Hall–Kier alpha value is -3.48. The molecule has 4 rings (SSSR count). The van der Waals surface area contributed by atoms with Crippen molar-refractivity contribution < 1.29 is 14.0 Å². The Labute approximate surface area is 174 Å². The maximum atomic E-state index is 14.8. The number of likely N-dealkylation sites (N-methyl/N-ethyl adjacent to an activating group) is 1. The zero-order chi connectivity index (χ0) is 21.3. The van der Waals surface area contributed by atoms with Gasteiger partial charge < -0.3 is 5.32 Å². The van der Waals surface area contributed by atoms with E-state index in [1.807, 2.05) is 49.4 Å². The summed E-state index contributed by atoms with van der Waals surface area (Å²) >= 11 is 0. The minimum absolute atomic E-state index is 0.0464. The molecule has 0 radical (unpaired) electrons. The molecule has 1 aliphatic rings. The van der Waals surface area contributed by atoms with Crippen LogP contribution in [0, 0.1) is 5.82 Å². The van der Waals surface area contributed by atoms with E-state index in [4.69, 9.17) is 0 Å². The first-order valence-electron chi connectivity index (χ1n) is 9.91. The normalized spacial score (nSPS) is 14.4. The molecule has 0 bridgehead atoms. The number of amides is 2. The standard InChI is InChI=1S/C23H23FN4O2/c1-15(17-8-9-18(19(24)12-17)16-6-4-3-5-7-16)20-13-22-27(14-21(29)25-2)23(30)10-11-28(22)26-20/h3-9,12-13,15H,10-11,14H2,1-2H3,(H,25,29). The summed E-state index contributed by atoms with van der Waals surface area (Å²) in [6.07, 6.45) is 0.292. The lowest BCUT2D eigenvalue weighted by atomic mass is 9.95. The molecule has 2 aromatic carbocycles. The van der Waals surface area contributed by atoms with Crippen molar-refractivity contribution in [3.8, 4) is 11.1 Å². The van der Waals surface area contributed by atoms with Gasteiger partial charge in [-0.3, -0.25) is 14.5 Å². The number of rotatable bonds is 5. The molecule has 3 aromatic rings. The predicted molar refractivity (Wildman–Crippen MR) is 113 cm³/mol. The zero-order valence-electron chi connectivity index (χ0n) is 16.9. The van der Waals surface area contributed by atoms with Crippen molar-refractivity contribution in [3.05, 3.63) is 71.7 Å². The molecule has 0 spiro atoms. The third-order valence-corrected chi connectivity index (χ3v) is 5.49. The van der Waals surface area contributed by atoms with E-state index in [1.165, 1.54) is 11.9 Å². The SMILES string of the molecule is CNC(=O)CN1C(=O)CCn2nc(C(C)c3ccc(-c4ccccc4)c(F)c3)cc21. The summed E-state index contributed by atoms with van der Waals surface area (Å²) in [6.45, 7) is 2.37. The van der Waals surface area contributed by atoms with Crippen LogP contribution in [0.4, 0.5) is 10.2 Å². The molecule has 1 atom stereocenters. The van der Waals surface area contributed by atoms with Crippen molar-refractivity contribution in [2.75, 3.05) is 18.5 Å². The van der Waals surface area contributed by atoms with Crippen LogP contribution in [-0.2, 0) is 16.1 Å². The van der Waals surface area contributed by atoms with Gasteiger partial charge in [-0.1, -0.05) is 49.4 Å². The van der Waals surface area contributed by atoms with Crippen LogP contribution in [-0.4, -0.2) is 35.2 Å². The number of anilines is 1. The minimum atomic E-state index is -0.286. The number of carbonyl (C=O) groups is 2. The molecule has 2 heterocycles. The van der Waals surface area contributed by atoms with Gasteiger partial charge in [-0.25, -0.2) is 9.07 Å². The average Bonchev–Trinajstić information content (AvgIpc) is 3.20. The van der Waals surface area contributed by atoms with Gasteiger partial charge in [0.2, 0.25) is 11.8 Å². The highest BCUT2D eigenvalue weighted by Gasteiger charge is 2.29. The summed E-state index contributed by atoms with van der Waals surface area (Å²) in [5.41, 5.74) is 2.91. The lowest BCUT2D eigenvalue weighted by molar-refractivity contribution is -0.124. The minimum Gasteiger partial charge on any atom is -0.358 e. The molecule has 0 fully saturated rings. The van der Waals surface area contributed by atoms with E-state index in [0.717, 1.165) is 16.8 Å². The number of carbonyl (C=O) groups excluding carboxylic acids is 2. The summed E-state index contributed by atoms with van der Waals surface area (Å²) in [6, 6.07) is 16.5. The van der Waals surface area contributed by atoms with Crippen molar-refractivity contribution in [2.24, 2.45) is 0 Å². The Kier molecular flexibility index (Phi) is 5.35. The number of aryl methyl sites for hydroxylation is 1. The smallest absolute Gasteiger partial charge is 0.239 e. The highest BCUT2D eigenvalue weighted by atomic mass is 19.1. The zero-order valence-corrected chi connectivity index (χ0v) is 16.9. The van der Waals surface area contributed by atoms with Crippen LogP contribution in [0.1, 0.15) is 30.5 Å². The molecule has 154 valence electrons. The van der Waals surface area contributed by atoms with E-state index >= 15 is 0 Å². The van der Waals surface area contributed by atoms with Crippen LogP contribution in [0.2, 0.25) is 0 Å². The van der Waals surface area contributed by atoms with Gasteiger partial charge in [-0.05, 0) is 17.2 Å². The van der Waals surface area contributed by atoms with Gasteiger partial charge in [0, 0.05) is 31.0 Å². The maximum absolute atomic E-state index is 14.8. The summed E-state index contributed by atoms with van der Waals surface area (Å²) in [4.78, 5) is 25.6. The number of nitrogens with one attached hydrogen (secondary N) is 1. The van der Waals surface area contributed by atoms with Crippen molar-refractivity contribution in [1.29, 1.82) is 0 Å². The van der Waals surface area contributed by atoms with Gasteiger partial charge in [-0.2, -0.15) is 5.10 Å². The topological polar surface area (TPSA) is 67.2 Å². The molecule has 0 saturated heterocycles. The van der Waals surface area contributed by atoms with E-state index in [9.17, 15) is 14.0 Å². The Morgan fingerprint density at radius 3 is 2.67 bits per heavy atom. The number of aromatic nitrogens is 2. The summed E-state index contributed by atoms with van der Waals surface area (Å²) in [5.74, 6) is -0.210. The van der Waals surface area contributed by atoms with Crippen LogP contribution in [0.3, 0.4) is 0 Å². The molecule has 30 heavy (non-hydrogen) atoms. The van der Waals surface area contributed by atoms with Crippen LogP contribution < -0.4 is 10.2 Å². The van der Waals surface area contributed by atoms with Gasteiger partial charge in [0.15, 0.2) is 0 Å². The molecule has 1 aromatic heterocycles. The Morgan fingerprint density at radius 1 is 1.20 bits per heavy atom. The molecule has 7 heteroatoms. The van der Waals surface area contributed by atoms with Crippen LogP contribution in [0.25, 0.3) is 11.1 Å². The highest BCUT2D eigenvalue weighted by Crippen LogP contribution is 2.32. The first-order chi connectivity index (χ1) is 14.5.